The van der Waals surface area contributed by atoms with Gasteiger partial charge in [0, 0.05) is 0 Å². The van der Waals surface area contributed by atoms with E-state index in [9.17, 15) is 0 Å². The van der Waals surface area contributed by atoms with Crippen LogP contribution in [0.15, 0.2) is 47.6 Å². The van der Waals surface area contributed by atoms with Gasteiger partial charge >= 0.3 is 33.7 Å². The third-order valence-corrected chi connectivity index (χ3v) is 6.27. The molecule has 0 aliphatic heterocycles. The van der Waals surface area contributed by atoms with Crippen molar-refractivity contribution in [2.75, 3.05) is 0 Å². The Bertz CT molecular complexity index is 528. The SMILES string of the molecule is CC(C)C1[CH-]C2=CC=CCC2C1.CC(C)C1[CH-]C2=CC=CCC2C1.Cl.Cl.[CH3-].[CH3-].[GeH2]=[Zr]. The Balaban J connectivity index is -0.000000400. The molecule has 0 heterocycles. The molecule has 2 fully saturated rings. The van der Waals surface area contributed by atoms with Crippen LogP contribution in [-0.2, 0) is 21.6 Å². The van der Waals surface area contributed by atoms with Gasteiger partial charge < -0.3 is 14.9 Å². The molecule has 4 aliphatic rings. The Morgan fingerprint density at radius 3 is 1.37 bits per heavy atom. The topological polar surface area (TPSA) is 0 Å². The molecule has 174 valence electrons. The number of hydrogen-bond donors (Lipinski definition) is 0. The zero-order chi connectivity index (χ0) is 19.1. The second kappa shape index (κ2) is 18.2. The second-order valence-corrected chi connectivity index (χ2v) is 8.68. The van der Waals surface area contributed by atoms with Gasteiger partial charge in [-0.3, -0.25) is 0 Å². The second-order valence-electron chi connectivity index (χ2n) is 8.68. The van der Waals surface area contributed by atoms with Crippen LogP contribution in [0, 0.1) is 63.2 Å². The van der Waals surface area contributed by atoms with Crippen LogP contribution in [-0.4, -0.2) is 12.1 Å². The number of hydrogen-bond acceptors (Lipinski definition) is 0. The van der Waals surface area contributed by atoms with Crippen molar-refractivity contribution in [1.82, 2.24) is 0 Å². The zero-order valence-corrected chi connectivity index (χ0v) is 27.0. The van der Waals surface area contributed by atoms with Gasteiger partial charge in [-0.2, -0.15) is 0 Å². The normalized spacial score (nSPS) is 26.6. The standard InChI is InChI=1S/2C12H17.2CH3.2ClH.GeH2.Zr/c2*1-9(2)12-7-10-5-3-4-6-11(10)8-12;;;;;;/h2*3-5,7,9,11-12H,6,8H2,1-2H3;2*1H3;2*1H;1H2;/q4*-1;;;;. The van der Waals surface area contributed by atoms with E-state index in [1.807, 2.05) is 0 Å². The van der Waals surface area contributed by atoms with E-state index in [1.165, 1.54) is 37.8 Å². The first kappa shape index (κ1) is 35.3. The van der Waals surface area contributed by atoms with Gasteiger partial charge in [0.05, 0.1) is 0 Å². The molecule has 4 unspecified atom stereocenters. The van der Waals surface area contributed by atoms with Crippen molar-refractivity contribution in [3.63, 3.8) is 0 Å². The molecule has 0 aromatic rings. The summed E-state index contributed by atoms with van der Waals surface area (Å²) in [6, 6.07) is 0. The molecule has 0 aromatic carbocycles. The molecule has 0 saturated heterocycles. The van der Waals surface area contributed by atoms with E-state index in [-0.39, 0.29) is 39.7 Å². The van der Waals surface area contributed by atoms with Crippen LogP contribution < -0.4 is 0 Å². The van der Waals surface area contributed by atoms with Crippen molar-refractivity contribution in [1.29, 1.82) is 0 Å². The minimum absolute atomic E-state index is 0. The molecule has 0 radical (unpaired) electrons. The summed E-state index contributed by atoms with van der Waals surface area (Å²) in [5.41, 5.74) is 3.19. The van der Waals surface area contributed by atoms with Crippen LogP contribution in [0.3, 0.4) is 0 Å². The third-order valence-electron chi connectivity index (χ3n) is 6.27. The molecule has 0 nitrogen and oxygen atoms in total. The van der Waals surface area contributed by atoms with Gasteiger partial charge in [0.25, 0.3) is 0 Å². The molecule has 4 heteroatoms. The molecule has 4 rings (SSSR count). The molecule has 0 N–H and O–H groups in total. The Morgan fingerprint density at radius 1 is 0.767 bits per heavy atom. The first-order chi connectivity index (χ1) is 12.5. The fourth-order valence-electron chi connectivity index (χ4n) is 4.45. The average molecular weight is 591 g/mol. The monoisotopic (exact) mass is 590 g/mol. The molecule has 4 aliphatic carbocycles. The zero-order valence-electron chi connectivity index (χ0n) is 19.9. The maximum absolute atomic E-state index is 2.48. The quantitative estimate of drug-likeness (QED) is 0.230. The van der Waals surface area contributed by atoms with Gasteiger partial charge in [0.15, 0.2) is 0 Å². The molecule has 0 aromatic heterocycles. The molecular formula is C26H44Cl2GeZr-4. The summed E-state index contributed by atoms with van der Waals surface area (Å²) in [6.45, 7) is 9.30. The number of fused-ring (bicyclic) bond motifs is 2. The molecule has 4 atom stereocenters. The van der Waals surface area contributed by atoms with Crippen molar-refractivity contribution in [2.24, 2.45) is 35.5 Å². The van der Waals surface area contributed by atoms with Crippen LogP contribution in [0.25, 0.3) is 0 Å². The van der Waals surface area contributed by atoms with Gasteiger partial charge in [-0.15, -0.1) is 49.1 Å². The number of allylic oxidation sites excluding steroid dienone is 8. The van der Waals surface area contributed by atoms with Crippen molar-refractivity contribution < 1.29 is 21.6 Å². The fraction of sp³-hybridized carbons (Fsp3) is 0.538. The summed E-state index contributed by atoms with van der Waals surface area (Å²) < 4.78 is 0. The predicted molar refractivity (Wildman–Crippen MR) is 141 cm³/mol. The fourth-order valence-corrected chi connectivity index (χ4v) is 4.45. The third kappa shape index (κ3) is 10.1. The minimum atomic E-state index is 0. The van der Waals surface area contributed by atoms with E-state index >= 15 is 0 Å². The first-order valence-corrected chi connectivity index (χ1v) is 20.8. The predicted octanol–water partition coefficient (Wildman–Crippen LogP) is 7.56. The van der Waals surface area contributed by atoms with Crippen molar-refractivity contribution >= 4 is 37.0 Å². The Morgan fingerprint density at radius 2 is 1.10 bits per heavy atom. The van der Waals surface area contributed by atoms with E-state index < -0.39 is 0 Å². The number of halogens is 2. The summed E-state index contributed by atoms with van der Waals surface area (Å²) in [4.78, 5) is 0. The first-order valence-electron chi connectivity index (χ1n) is 10.3. The van der Waals surface area contributed by atoms with Gasteiger partial charge in [0.1, 0.15) is 0 Å². The summed E-state index contributed by atoms with van der Waals surface area (Å²) in [5, 5.41) is 0. The van der Waals surface area contributed by atoms with Gasteiger partial charge in [-0.1, -0.05) is 64.2 Å². The van der Waals surface area contributed by atoms with Crippen LogP contribution >= 0.6 is 24.8 Å². The Hall–Kier alpha value is 0.706. The Kier molecular flexibility index (Phi) is 21.4. The van der Waals surface area contributed by atoms with E-state index in [0.29, 0.717) is 0 Å². The summed E-state index contributed by atoms with van der Waals surface area (Å²) in [6.07, 6.45) is 23.8. The molecular weight excluding hydrogens is 547 g/mol. The van der Waals surface area contributed by atoms with Crippen LogP contribution in [0.4, 0.5) is 0 Å². The van der Waals surface area contributed by atoms with E-state index in [1.54, 1.807) is 32.7 Å². The van der Waals surface area contributed by atoms with Crippen molar-refractivity contribution in [3.8, 4) is 0 Å². The van der Waals surface area contributed by atoms with Gasteiger partial charge in [-0.25, -0.2) is 36.1 Å². The van der Waals surface area contributed by atoms with Gasteiger partial charge in [-0.05, 0) is 24.7 Å². The van der Waals surface area contributed by atoms with E-state index in [0.717, 1.165) is 35.5 Å². The van der Waals surface area contributed by atoms with Gasteiger partial charge in [0.2, 0.25) is 0 Å². The summed E-state index contributed by atoms with van der Waals surface area (Å²) in [7, 11) is 0. The van der Waals surface area contributed by atoms with E-state index in [2.05, 4.69) is 77.0 Å². The van der Waals surface area contributed by atoms with Crippen LogP contribution in [0.2, 0.25) is 0 Å². The van der Waals surface area contributed by atoms with E-state index in [4.69, 9.17) is 0 Å². The van der Waals surface area contributed by atoms with Crippen molar-refractivity contribution in [3.05, 3.63) is 75.3 Å². The Labute approximate surface area is 221 Å². The molecule has 0 bridgehead atoms. The maximum atomic E-state index is 2.48. The number of rotatable bonds is 2. The van der Waals surface area contributed by atoms with Crippen molar-refractivity contribution in [2.45, 2.75) is 53.4 Å². The summed E-state index contributed by atoms with van der Waals surface area (Å²) >= 11 is 3.14. The molecule has 2 saturated carbocycles. The average Bonchev–Trinajstić information content (AvgIpc) is 3.28. The molecule has 0 amide bonds. The van der Waals surface area contributed by atoms with Crippen LogP contribution in [0.5, 0.6) is 0 Å². The molecule has 0 spiro atoms. The van der Waals surface area contributed by atoms with Crippen LogP contribution in [0.1, 0.15) is 53.4 Å². The molecule has 30 heavy (non-hydrogen) atoms. The summed E-state index contributed by atoms with van der Waals surface area (Å²) in [5.74, 6) is 5.00.